The van der Waals surface area contributed by atoms with Crippen LogP contribution in [-0.2, 0) is 36.8 Å². The zero-order valence-electron chi connectivity index (χ0n) is 22.7. The van der Waals surface area contributed by atoms with Gasteiger partial charge in [-0.25, -0.2) is 0 Å². The maximum atomic E-state index is 13.0. The Morgan fingerprint density at radius 1 is 0.854 bits per heavy atom. The number of carbonyl (C=O) groups excluding carboxylic acids is 5. The van der Waals surface area contributed by atoms with E-state index in [0.29, 0.717) is 5.56 Å². The number of hydrogen-bond donors (Lipinski definition) is 6. The Balaban J connectivity index is 1.93. The molecule has 2 aromatic carbocycles. The standard InChI is InChI=1S/C27H34N8O6/c1-16(2)24(25(28)39)33-27(41)20(12-17-6-4-3-5-7-17)32-23(38)15-30-22(37)14-31-26(40)21(34-35-29)13-18-8-10-19(36)11-9-18/h3-11,16,20-21,24,36H,12-15H2,1-2H3,(H2,28,39)(H,30,37)(H,31,40)(H,32,38)(H,33,41)/t20-,21-,24?/m0/s1. The van der Waals surface area contributed by atoms with E-state index in [0.717, 1.165) is 5.56 Å². The number of aromatic hydroxyl groups is 1. The van der Waals surface area contributed by atoms with E-state index in [1.54, 1.807) is 56.3 Å². The molecule has 0 saturated heterocycles. The van der Waals surface area contributed by atoms with Crippen molar-refractivity contribution in [3.05, 3.63) is 76.2 Å². The summed E-state index contributed by atoms with van der Waals surface area (Å²) in [5.74, 6) is -3.65. The van der Waals surface area contributed by atoms with Gasteiger partial charge in [0.1, 0.15) is 23.9 Å². The van der Waals surface area contributed by atoms with Crippen molar-refractivity contribution in [3.63, 3.8) is 0 Å². The van der Waals surface area contributed by atoms with Gasteiger partial charge < -0.3 is 32.1 Å². The number of phenols is 1. The molecule has 1 unspecified atom stereocenters. The summed E-state index contributed by atoms with van der Waals surface area (Å²) < 4.78 is 0. The highest BCUT2D eigenvalue weighted by Crippen LogP contribution is 2.13. The van der Waals surface area contributed by atoms with E-state index in [2.05, 4.69) is 31.3 Å². The summed E-state index contributed by atoms with van der Waals surface area (Å²) in [5, 5.41) is 22.7. The molecule has 0 heterocycles. The number of benzene rings is 2. The molecule has 7 N–H and O–H groups in total. The van der Waals surface area contributed by atoms with Crippen molar-refractivity contribution < 1.29 is 29.1 Å². The summed E-state index contributed by atoms with van der Waals surface area (Å²) in [4.78, 5) is 64.7. The Morgan fingerprint density at radius 2 is 1.46 bits per heavy atom. The minimum Gasteiger partial charge on any atom is -0.508 e. The molecule has 0 aliphatic heterocycles. The molecular formula is C27H34N8O6. The Kier molecular flexibility index (Phi) is 12.6. The maximum Gasteiger partial charge on any atom is 0.243 e. The van der Waals surface area contributed by atoms with E-state index in [1.807, 2.05) is 0 Å². The van der Waals surface area contributed by atoms with Gasteiger partial charge in [0.25, 0.3) is 0 Å². The molecule has 0 spiro atoms. The van der Waals surface area contributed by atoms with Gasteiger partial charge in [-0.2, -0.15) is 0 Å². The van der Waals surface area contributed by atoms with Gasteiger partial charge in [-0.3, -0.25) is 24.0 Å². The van der Waals surface area contributed by atoms with Crippen molar-refractivity contribution in [3.8, 4) is 5.75 Å². The Labute approximate surface area is 236 Å². The Hall–Kier alpha value is -5.10. The largest absolute Gasteiger partial charge is 0.508 e. The summed E-state index contributed by atoms with van der Waals surface area (Å²) in [6.45, 7) is 2.44. The molecule has 2 rings (SSSR count). The van der Waals surface area contributed by atoms with Gasteiger partial charge in [0.05, 0.1) is 13.1 Å². The molecule has 0 bridgehead atoms. The fourth-order valence-corrected chi connectivity index (χ4v) is 3.75. The summed E-state index contributed by atoms with van der Waals surface area (Å²) in [6, 6.07) is 11.7. The van der Waals surface area contributed by atoms with Crippen LogP contribution in [0.3, 0.4) is 0 Å². The van der Waals surface area contributed by atoms with Gasteiger partial charge in [-0.05, 0) is 41.1 Å². The van der Waals surface area contributed by atoms with Crippen LogP contribution in [0.25, 0.3) is 10.4 Å². The lowest BCUT2D eigenvalue weighted by atomic mass is 10.0. The number of nitrogens with two attached hydrogens (primary N) is 1. The molecule has 0 aliphatic rings. The third-order valence-electron chi connectivity index (χ3n) is 5.93. The summed E-state index contributed by atoms with van der Waals surface area (Å²) >= 11 is 0. The number of nitrogens with zero attached hydrogens (tertiary/aromatic N) is 3. The first-order valence-electron chi connectivity index (χ1n) is 12.8. The number of phenolic OH excluding ortho intramolecular Hbond substituents is 1. The molecule has 2 aromatic rings. The van der Waals surface area contributed by atoms with Crippen molar-refractivity contribution in [2.24, 2.45) is 16.8 Å². The second kappa shape index (κ2) is 16.1. The van der Waals surface area contributed by atoms with Crippen LogP contribution >= 0.6 is 0 Å². The molecule has 0 saturated carbocycles. The van der Waals surface area contributed by atoms with Crippen molar-refractivity contribution in [1.29, 1.82) is 0 Å². The lowest BCUT2D eigenvalue weighted by Crippen LogP contribution is -2.56. The van der Waals surface area contributed by atoms with E-state index in [9.17, 15) is 29.1 Å². The van der Waals surface area contributed by atoms with Gasteiger partial charge in [0, 0.05) is 11.3 Å². The van der Waals surface area contributed by atoms with Crippen LogP contribution in [0.2, 0.25) is 0 Å². The van der Waals surface area contributed by atoms with Crippen LogP contribution in [0.4, 0.5) is 0 Å². The van der Waals surface area contributed by atoms with Crippen LogP contribution in [0, 0.1) is 5.92 Å². The molecular weight excluding hydrogens is 532 g/mol. The number of primary amides is 1. The third-order valence-corrected chi connectivity index (χ3v) is 5.93. The average Bonchev–Trinajstić information content (AvgIpc) is 2.94. The first-order chi connectivity index (χ1) is 19.5. The highest BCUT2D eigenvalue weighted by Gasteiger charge is 2.28. The fourth-order valence-electron chi connectivity index (χ4n) is 3.75. The van der Waals surface area contributed by atoms with Crippen molar-refractivity contribution in [2.75, 3.05) is 13.1 Å². The molecule has 5 amide bonds. The van der Waals surface area contributed by atoms with Crippen LogP contribution in [-0.4, -0.2) is 65.9 Å². The number of hydrogen-bond acceptors (Lipinski definition) is 7. The van der Waals surface area contributed by atoms with Crippen molar-refractivity contribution in [2.45, 2.75) is 44.8 Å². The number of carbonyl (C=O) groups is 5. The van der Waals surface area contributed by atoms with Crippen LogP contribution in [0.1, 0.15) is 25.0 Å². The third kappa shape index (κ3) is 11.3. The molecule has 0 aromatic heterocycles. The van der Waals surface area contributed by atoms with Gasteiger partial charge in [-0.1, -0.05) is 61.4 Å². The SMILES string of the molecule is CC(C)C(NC(=O)[C@H](Cc1ccccc1)NC(=O)CNC(=O)CNC(=O)[C@H](Cc1ccc(O)cc1)N=[N+]=[N-])C(N)=O. The molecule has 41 heavy (non-hydrogen) atoms. The molecule has 0 radical (unpaired) electrons. The fraction of sp³-hybridized carbons (Fsp3) is 0.370. The molecule has 0 aliphatic carbocycles. The molecule has 0 fully saturated rings. The van der Waals surface area contributed by atoms with Gasteiger partial charge in [0.2, 0.25) is 29.5 Å². The van der Waals surface area contributed by atoms with E-state index < -0.39 is 60.8 Å². The highest BCUT2D eigenvalue weighted by molar-refractivity contribution is 5.93. The van der Waals surface area contributed by atoms with Gasteiger partial charge >= 0.3 is 0 Å². The molecule has 3 atom stereocenters. The zero-order chi connectivity index (χ0) is 30.4. The number of rotatable bonds is 15. The van der Waals surface area contributed by atoms with Gasteiger partial charge in [-0.15, -0.1) is 0 Å². The number of azide groups is 1. The predicted octanol–water partition coefficient (Wildman–Crippen LogP) is 0.200. The van der Waals surface area contributed by atoms with E-state index >= 15 is 0 Å². The lowest BCUT2D eigenvalue weighted by molar-refractivity contribution is -0.132. The smallest absolute Gasteiger partial charge is 0.243 e. The summed E-state index contributed by atoms with van der Waals surface area (Å²) in [5.41, 5.74) is 15.6. The highest BCUT2D eigenvalue weighted by atomic mass is 16.3. The minimum absolute atomic E-state index is 0.0386. The maximum absolute atomic E-state index is 13.0. The Bertz CT molecular complexity index is 1260. The molecule has 14 heteroatoms. The normalized spacial score (nSPS) is 12.7. The Morgan fingerprint density at radius 3 is 2.05 bits per heavy atom. The van der Waals surface area contributed by atoms with E-state index in [-0.39, 0.29) is 24.5 Å². The monoisotopic (exact) mass is 566 g/mol. The van der Waals surface area contributed by atoms with Crippen LogP contribution in [0.5, 0.6) is 5.75 Å². The number of amides is 5. The minimum atomic E-state index is -1.15. The van der Waals surface area contributed by atoms with Crippen LogP contribution in [0.15, 0.2) is 59.7 Å². The van der Waals surface area contributed by atoms with Gasteiger partial charge in [0.15, 0.2) is 0 Å². The van der Waals surface area contributed by atoms with E-state index in [4.69, 9.17) is 11.3 Å². The number of nitrogens with one attached hydrogen (secondary N) is 4. The lowest BCUT2D eigenvalue weighted by Gasteiger charge is -2.24. The van der Waals surface area contributed by atoms with Crippen LogP contribution < -0.4 is 27.0 Å². The zero-order valence-corrected chi connectivity index (χ0v) is 22.7. The first kappa shape index (κ1) is 32.1. The second-order valence-corrected chi connectivity index (χ2v) is 9.53. The first-order valence-corrected chi connectivity index (χ1v) is 12.8. The van der Waals surface area contributed by atoms with Crippen molar-refractivity contribution >= 4 is 29.5 Å². The molecule has 218 valence electrons. The predicted molar refractivity (Wildman–Crippen MR) is 149 cm³/mol. The summed E-state index contributed by atoms with van der Waals surface area (Å²) in [6.07, 6.45) is 0.159. The topological polar surface area (TPSA) is 228 Å². The quantitative estimate of drug-likeness (QED) is 0.100. The second-order valence-electron chi connectivity index (χ2n) is 9.53. The average molecular weight is 567 g/mol. The summed E-state index contributed by atoms with van der Waals surface area (Å²) in [7, 11) is 0. The van der Waals surface area contributed by atoms with Crippen molar-refractivity contribution in [1.82, 2.24) is 21.3 Å². The molecule has 14 nitrogen and oxygen atoms in total. The van der Waals surface area contributed by atoms with E-state index in [1.165, 1.54) is 12.1 Å².